The van der Waals surface area contributed by atoms with Crippen molar-refractivity contribution in [2.24, 2.45) is 5.92 Å². The lowest BCUT2D eigenvalue weighted by molar-refractivity contribution is -0.0997. The van der Waals surface area contributed by atoms with Crippen LogP contribution in [0.25, 0.3) is 0 Å². The van der Waals surface area contributed by atoms with Crippen LogP contribution in [0.2, 0.25) is 0 Å². The number of benzene rings is 1. The van der Waals surface area contributed by atoms with Gasteiger partial charge in [0.05, 0.1) is 23.1 Å². The van der Waals surface area contributed by atoms with Gasteiger partial charge in [-0.1, -0.05) is 62.2 Å². The molecule has 0 saturated heterocycles. The van der Waals surface area contributed by atoms with Gasteiger partial charge in [0, 0.05) is 10.2 Å². The highest BCUT2D eigenvalue weighted by Gasteiger charge is 2.49. The molecule has 0 radical (unpaired) electrons. The average molecular weight is 420 g/mol. The Morgan fingerprint density at radius 1 is 1.33 bits per heavy atom. The summed E-state index contributed by atoms with van der Waals surface area (Å²) in [7, 11) is 0. The van der Waals surface area contributed by atoms with Gasteiger partial charge in [0.15, 0.2) is 0 Å². The van der Waals surface area contributed by atoms with Crippen LogP contribution in [0.4, 0.5) is 0 Å². The number of hydrogen-bond donors (Lipinski definition) is 1. The Labute approximate surface area is 144 Å². The maximum atomic E-state index is 10.5. The van der Waals surface area contributed by atoms with Gasteiger partial charge in [-0.2, -0.15) is 0 Å². The third-order valence-corrected chi connectivity index (χ3v) is 7.43. The number of aliphatic hydroxyl groups is 1. The average Bonchev–Trinajstić information content (AvgIpc) is 2.40. The fourth-order valence-electron chi connectivity index (χ4n) is 3.01. The van der Waals surface area contributed by atoms with E-state index in [4.69, 9.17) is 4.74 Å². The summed E-state index contributed by atoms with van der Waals surface area (Å²) in [5, 5.41) is 10.5. The molecule has 1 N–H and O–H groups in total. The molecular weight excluding hydrogens is 396 g/mol. The third-order valence-electron chi connectivity index (χ3n) is 4.40. The molecule has 1 saturated carbocycles. The molecule has 118 valence electrons. The van der Waals surface area contributed by atoms with Gasteiger partial charge in [-0.15, -0.1) is 0 Å². The zero-order chi connectivity index (χ0) is 15.7. The number of halogens is 2. The number of alkyl halides is 2. The Bertz CT molecular complexity index is 454. The number of hydrogen-bond acceptors (Lipinski definition) is 2. The van der Waals surface area contributed by atoms with Crippen LogP contribution in [0, 0.1) is 5.92 Å². The molecule has 0 aliphatic heterocycles. The molecule has 0 spiro atoms. The van der Waals surface area contributed by atoms with Crippen LogP contribution in [0.3, 0.4) is 0 Å². The van der Waals surface area contributed by atoms with Crippen molar-refractivity contribution in [3.63, 3.8) is 0 Å². The second-order valence-corrected chi connectivity index (χ2v) is 9.54. The van der Waals surface area contributed by atoms with E-state index in [0.29, 0.717) is 6.61 Å². The van der Waals surface area contributed by atoms with Crippen molar-refractivity contribution in [3.05, 3.63) is 35.9 Å². The van der Waals surface area contributed by atoms with E-state index in [9.17, 15) is 5.11 Å². The summed E-state index contributed by atoms with van der Waals surface area (Å²) in [5.74, 6) is 0.121. The highest BCUT2D eigenvalue weighted by atomic mass is 79.9. The molecule has 1 aromatic carbocycles. The highest BCUT2D eigenvalue weighted by Crippen LogP contribution is 2.47. The lowest BCUT2D eigenvalue weighted by Gasteiger charge is -2.47. The van der Waals surface area contributed by atoms with Crippen molar-refractivity contribution < 1.29 is 9.84 Å². The minimum atomic E-state index is -0.739. The predicted molar refractivity (Wildman–Crippen MR) is 94.1 cm³/mol. The van der Waals surface area contributed by atoms with Gasteiger partial charge in [-0.25, -0.2) is 0 Å². The van der Waals surface area contributed by atoms with Crippen LogP contribution in [0.5, 0.6) is 0 Å². The summed E-state index contributed by atoms with van der Waals surface area (Å²) in [4.78, 5) is 0.166. The first-order chi connectivity index (χ1) is 9.72. The molecule has 1 fully saturated rings. The van der Waals surface area contributed by atoms with Crippen LogP contribution in [0.15, 0.2) is 30.3 Å². The molecule has 0 heterocycles. The predicted octanol–water partition coefficient (Wildman–Crippen LogP) is 4.67. The molecule has 4 unspecified atom stereocenters. The van der Waals surface area contributed by atoms with Gasteiger partial charge in [0.2, 0.25) is 0 Å². The molecule has 2 rings (SSSR count). The van der Waals surface area contributed by atoms with Gasteiger partial charge >= 0.3 is 0 Å². The van der Waals surface area contributed by atoms with Crippen molar-refractivity contribution in [2.45, 2.75) is 61.1 Å². The van der Waals surface area contributed by atoms with E-state index in [0.717, 1.165) is 18.4 Å². The first kappa shape index (κ1) is 17.5. The smallest absolute Gasteiger partial charge is 0.0773 e. The van der Waals surface area contributed by atoms with E-state index in [1.54, 1.807) is 0 Å². The van der Waals surface area contributed by atoms with Crippen LogP contribution >= 0.6 is 31.9 Å². The second-order valence-electron chi connectivity index (χ2n) is 6.74. The normalized spacial score (nSPS) is 33.9. The van der Waals surface area contributed by atoms with E-state index in [2.05, 4.69) is 50.9 Å². The first-order valence-corrected chi connectivity index (χ1v) is 9.13. The monoisotopic (exact) mass is 418 g/mol. The largest absolute Gasteiger partial charge is 0.390 e. The molecule has 0 aromatic heterocycles. The van der Waals surface area contributed by atoms with Gasteiger partial charge in [-0.05, 0) is 39.2 Å². The minimum absolute atomic E-state index is 0.00386. The molecular formula is C17H24Br2O2. The lowest BCUT2D eigenvalue weighted by Crippen LogP contribution is -2.54. The Hall–Kier alpha value is 0.1000. The Balaban J connectivity index is 2.13. The Morgan fingerprint density at radius 3 is 2.52 bits per heavy atom. The minimum Gasteiger partial charge on any atom is -0.390 e. The van der Waals surface area contributed by atoms with Gasteiger partial charge in [0.25, 0.3) is 0 Å². The molecule has 2 nitrogen and oxygen atoms in total. The van der Waals surface area contributed by atoms with Crippen molar-refractivity contribution in [2.75, 3.05) is 0 Å². The molecule has 4 atom stereocenters. The van der Waals surface area contributed by atoms with E-state index in [-0.39, 0.29) is 21.2 Å². The van der Waals surface area contributed by atoms with Crippen LogP contribution in [0.1, 0.15) is 39.2 Å². The van der Waals surface area contributed by atoms with Gasteiger partial charge in [-0.3, -0.25) is 0 Å². The summed E-state index contributed by atoms with van der Waals surface area (Å²) in [6.07, 6.45) is 1.94. The zero-order valence-corrected chi connectivity index (χ0v) is 16.0. The molecule has 1 aliphatic carbocycles. The molecule has 4 heteroatoms. The highest BCUT2D eigenvalue weighted by molar-refractivity contribution is 9.12. The fraction of sp³-hybridized carbons (Fsp3) is 0.647. The van der Waals surface area contributed by atoms with Crippen LogP contribution in [-0.4, -0.2) is 26.0 Å². The van der Waals surface area contributed by atoms with Crippen molar-refractivity contribution in [1.29, 1.82) is 0 Å². The number of ether oxygens (including phenoxy) is 1. The van der Waals surface area contributed by atoms with E-state index >= 15 is 0 Å². The van der Waals surface area contributed by atoms with Crippen LogP contribution < -0.4 is 0 Å². The van der Waals surface area contributed by atoms with Crippen LogP contribution in [-0.2, 0) is 11.3 Å². The first-order valence-electron chi connectivity index (χ1n) is 7.43. The molecule has 0 bridgehead atoms. The number of rotatable bonds is 4. The molecule has 1 aromatic rings. The summed E-state index contributed by atoms with van der Waals surface area (Å²) in [5.41, 5.74) is 0.421. The summed E-state index contributed by atoms with van der Waals surface area (Å²) >= 11 is 7.61. The standard InChI is InChI=1S/C17H24Br2O2/c1-16(2,20)13-9-10-17(3,19)15(18)14(13)21-11-12-7-5-4-6-8-12/h4-8,13-15,20H,9-11H2,1-3H3. The Morgan fingerprint density at radius 2 is 1.95 bits per heavy atom. The topological polar surface area (TPSA) is 29.5 Å². The summed E-state index contributed by atoms with van der Waals surface area (Å²) in [6.45, 7) is 6.52. The molecule has 1 aliphatic rings. The van der Waals surface area contributed by atoms with Gasteiger partial charge in [0.1, 0.15) is 0 Å². The maximum absolute atomic E-state index is 10.5. The van der Waals surface area contributed by atoms with Crippen molar-refractivity contribution >= 4 is 31.9 Å². The van der Waals surface area contributed by atoms with Crippen molar-refractivity contribution in [1.82, 2.24) is 0 Å². The molecule has 0 amide bonds. The van der Waals surface area contributed by atoms with Gasteiger partial charge < -0.3 is 9.84 Å². The Kier molecular flexibility index (Phi) is 5.56. The lowest BCUT2D eigenvalue weighted by atomic mass is 9.73. The SMILES string of the molecule is CC(C)(O)C1CCC(C)(Br)C(Br)C1OCc1ccccc1. The van der Waals surface area contributed by atoms with Crippen molar-refractivity contribution in [3.8, 4) is 0 Å². The van der Waals surface area contributed by atoms with E-state index < -0.39 is 5.60 Å². The van der Waals surface area contributed by atoms with E-state index in [1.165, 1.54) is 0 Å². The maximum Gasteiger partial charge on any atom is 0.0773 e. The van der Waals surface area contributed by atoms with E-state index in [1.807, 2.05) is 32.0 Å². The fourth-order valence-corrected chi connectivity index (χ4v) is 4.25. The summed E-state index contributed by atoms with van der Waals surface area (Å²) in [6, 6.07) is 10.2. The second kappa shape index (κ2) is 6.69. The zero-order valence-electron chi connectivity index (χ0n) is 12.9. The summed E-state index contributed by atoms with van der Waals surface area (Å²) < 4.78 is 6.22. The molecule has 21 heavy (non-hydrogen) atoms. The third kappa shape index (κ3) is 4.31. The quantitative estimate of drug-likeness (QED) is 0.718.